The van der Waals surface area contributed by atoms with Gasteiger partial charge in [-0.25, -0.2) is 0 Å². The van der Waals surface area contributed by atoms with Gasteiger partial charge in [0.1, 0.15) is 0 Å². The summed E-state index contributed by atoms with van der Waals surface area (Å²) in [5.74, 6) is 0. The van der Waals surface area contributed by atoms with Crippen LogP contribution < -0.4 is 5.32 Å². The van der Waals surface area contributed by atoms with Crippen LogP contribution >= 0.6 is 11.8 Å². The molecule has 0 spiro atoms. The molecular weight excluding hydrogens is 238 g/mol. The van der Waals surface area contributed by atoms with E-state index in [0.29, 0.717) is 31.2 Å². The Morgan fingerprint density at radius 1 is 1.06 bits per heavy atom. The quantitative estimate of drug-likeness (QED) is 0.535. The van der Waals surface area contributed by atoms with Gasteiger partial charge in [0.15, 0.2) is 0 Å². The molecule has 0 aromatic rings. The van der Waals surface area contributed by atoms with Crippen molar-refractivity contribution in [3.05, 3.63) is 0 Å². The number of rotatable bonds is 12. The Morgan fingerprint density at radius 2 is 1.71 bits per heavy atom. The van der Waals surface area contributed by atoms with Crippen molar-refractivity contribution in [2.75, 3.05) is 59.5 Å². The zero-order chi connectivity index (χ0) is 12.4. The van der Waals surface area contributed by atoms with E-state index in [4.69, 9.17) is 14.2 Å². The molecule has 1 N–H and O–H groups in total. The van der Waals surface area contributed by atoms with E-state index in [9.17, 15) is 0 Å². The van der Waals surface area contributed by atoms with Gasteiger partial charge in [-0.2, -0.15) is 11.8 Å². The lowest BCUT2D eigenvalue weighted by molar-refractivity contribution is 0.0256. The van der Waals surface area contributed by atoms with Gasteiger partial charge in [-0.3, -0.25) is 0 Å². The molecule has 0 atom stereocenters. The monoisotopic (exact) mass is 263 g/mol. The summed E-state index contributed by atoms with van der Waals surface area (Å²) in [4.78, 5) is 0. The van der Waals surface area contributed by atoms with Crippen molar-refractivity contribution < 1.29 is 14.2 Å². The Morgan fingerprint density at radius 3 is 2.29 bits per heavy atom. The van der Waals surface area contributed by atoms with E-state index in [0.717, 1.165) is 19.7 Å². The van der Waals surface area contributed by atoms with E-state index in [1.807, 2.05) is 11.8 Å². The summed E-state index contributed by atoms with van der Waals surface area (Å²) in [5, 5.41) is 3.44. The van der Waals surface area contributed by atoms with Crippen LogP contribution in [0.3, 0.4) is 0 Å². The van der Waals surface area contributed by atoms with Crippen molar-refractivity contribution in [2.45, 2.75) is 17.6 Å². The van der Waals surface area contributed by atoms with Crippen LogP contribution in [0.25, 0.3) is 0 Å². The summed E-state index contributed by atoms with van der Waals surface area (Å²) < 4.78 is 16.2. The minimum absolute atomic E-state index is 0.545. The second-order valence-corrected chi connectivity index (χ2v) is 5.56. The Labute approximate surface area is 109 Å². The largest absolute Gasteiger partial charge is 0.382 e. The zero-order valence-electron chi connectivity index (χ0n) is 11.0. The van der Waals surface area contributed by atoms with E-state index in [2.05, 4.69) is 11.6 Å². The Kier molecular flexibility index (Phi) is 8.22. The Balaban J connectivity index is 1.73. The molecule has 0 saturated heterocycles. The summed E-state index contributed by atoms with van der Waals surface area (Å²) >= 11 is 1.98. The van der Waals surface area contributed by atoms with Crippen molar-refractivity contribution >= 4 is 11.8 Å². The molecule has 1 fully saturated rings. The van der Waals surface area contributed by atoms with Gasteiger partial charge < -0.3 is 19.5 Å². The molecule has 4 nitrogen and oxygen atoms in total. The molecule has 0 aromatic carbocycles. The molecule has 0 unspecified atom stereocenters. The van der Waals surface area contributed by atoms with E-state index < -0.39 is 0 Å². The first-order chi connectivity index (χ1) is 8.33. The van der Waals surface area contributed by atoms with Crippen LogP contribution in [-0.2, 0) is 14.2 Å². The Bertz CT molecular complexity index is 189. The van der Waals surface area contributed by atoms with Gasteiger partial charge in [0.25, 0.3) is 0 Å². The second kappa shape index (κ2) is 9.16. The van der Waals surface area contributed by atoms with Crippen LogP contribution in [-0.4, -0.2) is 64.2 Å². The Hall–Kier alpha value is 0.190. The average molecular weight is 263 g/mol. The summed E-state index contributed by atoms with van der Waals surface area (Å²) in [5.41, 5.74) is 0. The topological polar surface area (TPSA) is 39.7 Å². The van der Waals surface area contributed by atoms with Gasteiger partial charge in [-0.05, 0) is 19.1 Å². The van der Waals surface area contributed by atoms with Crippen LogP contribution in [0, 0.1) is 0 Å². The lowest BCUT2D eigenvalue weighted by Gasteiger charge is -2.13. The molecule has 17 heavy (non-hydrogen) atoms. The average Bonchev–Trinajstić information content (AvgIpc) is 3.12. The summed E-state index contributed by atoms with van der Waals surface area (Å²) in [7, 11) is 1.67. The third kappa shape index (κ3) is 7.26. The number of ether oxygens (including phenoxy) is 3. The molecule has 1 aliphatic carbocycles. The van der Waals surface area contributed by atoms with E-state index in [1.165, 1.54) is 12.8 Å². The van der Waals surface area contributed by atoms with E-state index >= 15 is 0 Å². The molecule has 0 aromatic heterocycles. The standard InChI is InChI=1S/C12H25NO3S/c1-14-7-8-16-10-9-15-6-5-13-11-12(17-2)3-4-12/h13H,3-11H2,1-2H3. The summed E-state index contributed by atoms with van der Waals surface area (Å²) in [6.45, 7) is 5.42. The number of thioether (sulfide) groups is 1. The predicted molar refractivity (Wildman–Crippen MR) is 71.9 cm³/mol. The van der Waals surface area contributed by atoms with Gasteiger partial charge in [0.05, 0.1) is 33.0 Å². The molecule has 0 radical (unpaired) electrons. The highest BCUT2D eigenvalue weighted by molar-refractivity contribution is 8.00. The molecule has 1 aliphatic rings. The van der Waals surface area contributed by atoms with Crippen molar-refractivity contribution in [2.24, 2.45) is 0 Å². The SMILES string of the molecule is COCCOCCOCCNCC1(SC)CC1. The number of nitrogens with one attached hydrogen (secondary N) is 1. The van der Waals surface area contributed by atoms with Crippen molar-refractivity contribution in [1.82, 2.24) is 5.32 Å². The number of methoxy groups -OCH3 is 1. The maximum absolute atomic E-state index is 5.45. The molecule has 5 heteroatoms. The first kappa shape index (κ1) is 15.2. The third-order valence-electron chi connectivity index (χ3n) is 2.91. The van der Waals surface area contributed by atoms with Crippen LogP contribution in [0.2, 0.25) is 0 Å². The molecule has 1 saturated carbocycles. The fraction of sp³-hybridized carbons (Fsp3) is 1.00. The van der Waals surface area contributed by atoms with Gasteiger partial charge in [-0.15, -0.1) is 0 Å². The van der Waals surface area contributed by atoms with Crippen LogP contribution in [0.15, 0.2) is 0 Å². The van der Waals surface area contributed by atoms with Crippen molar-refractivity contribution in [3.8, 4) is 0 Å². The lowest BCUT2D eigenvalue weighted by atomic mass is 10.4. The highest BCUT2D eigenvalue weighted by Crippen LogP contribution is 2.46. The third-order valence-corrected chi connectivity index (χ3v) is 4.33. The van der Waals surface area contributed by atoms with Gasteiger partial charge in [0.2, 0.25) is 0 Å². The highest BCUT2D eigenvalue weighted by atomic mass is 32.2. The smallest absolute Gasteiger partial charge is 0.0701 e. The van der Waals surface area contributed by atoms with Crippen molar-refractivity contribution in [1.29, 1.82) is 0 Å². The first-order valence-corrected chi connectivity index (χ1v) is 7.46. The molecule has 0 amide bonds. The molecule has 0 heterocycles. The minimum Gasteiger partial charge on any atom is -0.382 e. The molecule has 0 bridgehead atoms. The van der Waals surface area contributed by atoms with Gasteiger partial charge in [-0.1, -0.05) is 0 Å². The molecule has 0 aliphatic heterocycles. The molecule has 1 rings (SSSR count). The van der Waals surface area contributed by atoms with Crippen molar-refractivity contribution in [3.63, 3.8) is 0 Å². The fourth-order valence-corrected chi connectivity index (χ4v) is 2.27. The lowest BCUT2D eigenvalue weighted by Crippen LogP contribution is -2.29. The highest BCUT2D eigenvalue weighted by Gasteiger charge is 2.41. The van der Waals surface area contributed by atoms with Crippen LogP contribution in [0.1, 0.15) is 12.8 Å². The van der Waals surface area contributed by atoms with Gasteiger partial charge >= 0.3 is 0 Å². The maximum Gasteiger partial charge on any atom is 0.0701 e. The van der Waals surface area contributed by atoms with E-state index in [1.54, 1.807) is 7.11 Å². The summed E-state index contributed by atoms with van der Waals surface area (Å²) in [6, 6.07) is 0. The van der Waals surface area contributed by atoms with Crippen LogP contribution in [0.5, 0.6) is 0 Å². The second-order valence-electron chi connectivity index (χ2n) is 4.28. The van der Waals surface area contributed by atoms with Gasteiger partial charge in [0, 0.05) is 24.9 Å². The summed E-state index contributed by atoms with van der Waals surface area (Å²) in [6.07, 6.45) is 4.91. The number of hydrogen-bond donors (Lipinski definition) is 1. The van der Waals surface area contributed by atoms with E-state index in [-0.39, 0.29) is 0 Å². The predicted octanol–water partition coefficient (Wildman–Crippen LogP) is 1.15. The zero-order valence-corrected chi connectivity index (χ0v) is 11.8. The maximum atomic E-state index is 5.45. The number of hydrogen-bond acceptors (Lipinski definition) is 5. The fourth-order valence-electron chi connectivity index (χ4n) is 1.52. The normalized spacial score (nSPS) is 17.3. The van der Waals surface area contributed by atoms with Crippen LogP contribution in [0.4, 0.5) is 0 Å². The first-order valence-electron chi connectivity index (χ1n) is 6.23. The minimum atomic E-state index is 0.545. The molecule has 102 valence electrons. The molecular formula is C12H25NO3S.